The molecular formula is C12H8F4N2O4S. The molecule has 0 aliphatic carbocycles. The van der Waals surface area contributed by atoms with Gasteiger partial charge in [0.1, 0.15) is 0 Å². The molecule has 0 bridgehead atoms. The van der Waals surface area contributed by atoms with Crippen LogP contribution in [0.15, 0.2) is 46.7 Å². The SMILES string of the molecule is O=S(=O)(c1ncccc1OC(F)F)c1ncccc1OC(F)F. The maximum Gasteiger partial charge on any atom is 0.387 e. The van der Waals surface area contributed by atoms with Crippen molar-refractivity contribution < 1.29 is 35.5 Å². The molecule has 2 rings (SSSR count). The average molecular weight is 352 g/mol. The summed E-state index contributed by atoms with van der Waals surface area (Å²) in [7, 11) is -4.63. The van der Waals surface area contributed by atoms with Gasteiger partial charge < -0.3 is 9.47 Å². The van der Waals surface area contributed by atoms with Crippen LogP contribution in [0.2, 0.25) is 0 Å². The summed E-state index contributed by atoms with van der Waals surface area (Å²) in [5.74, 6) is -1.48. The van der Waals surface area contributed by atoms with Gasteiger partial charge in [0.15, 0.2) is 11.5 Å². The van der Waals surface area contributed by atoms with Gasteiger partial charge in [0.05, 0.1) is 0 Å². The number of pyridine rings is 2. The van der Waals surface area contributed by atoms with Crippen molar-refractivity contribution >= 4 is 9.84 Å². The van der Waals surface area contributed by atoms with Gasteiger partial charge in [0, 0.05) is 12.4 Å². The molecular weight excluding hydrogens is 344 g/mol. The molecule has 2 heterocycles. The zero-order valence-electron chi connectivity index (χ0n) is 11.1. The number of hydrogen-bond donors (Lipinski definition) is 0. The highest BCUT2D eigenvalue weighted by molar-refractivity contribution is 7.91. The minimum Gasteiger partial charge on any atom is -0.432 e. The summed E-state index contributed by atoms with van der Waals surface area (Å²) in [4.78, 5) is 6.94. The van der Waals surface area contributed by atoms with Crippen molar-refractivity contribution in [2.45, 2.75) is 23.3 Å². The standard InChI is InChI=1S/C12H8F4N2O4S/c13-11(14)21-7-3-1-5-17-9(7)23(19,20)10-8(22-12(15)16)4-2-6-18-10/h1-6,11-12H. The quantitative estimate of drug-likeness (QED) is 0.744. The topological polar surface area (TPSA) is 78.4 Å². The fraction of sp³-hybridized carbons (Fsp3) is 0.167. The summed E-state index contributed by atoms with van der Waals surface area (Å²) >= 11 is 0. The Bertz CT molecular complexity index is 727. The van der Waals surface area contributed by atoms with Crippen LogP contribution < -0.4 is 9.47 Å². The van der Waals surface area contributed by atoms with Crippen molar-refractivity contribution in [1.82, 2.24) is 9.97 Å². The maximum atomic E-state index is 12.5. The van der Waals surface area contributed by atoms with Crippen LogP contribution in [0.25, 0.3) is 0 Å². The molecule has 6 nitrogen and oxygen atoms in total. The Morgan fingerprint density at radius 3 is 1.57 bits per heavy atom. The van der Waals surface area contributed by atoms with Crippen LogP contribution in [-0.2, 0) is 9.84 Å². The molecule has 0 aliphatic rings. The Hall–Kier alpha value is -2.43. The molecule has 0 saturated carbocycles. The first-order valence-electron chi connectivity index (χ1n) is 5.87. The van der Waals surface area contributed by atoms with Crippen molar-refractivity contribution in [3.8, 4) is 11.5 Å². The first kappa shape index (κ1) is 16.9. The lowest BCUT2D eigenvalue weighted by molar-refractivity contribution is -0.0523. The van der Waals surface area contributed by atoms with E-state index in [-0.39, 0.29) is 0 Å². The van der Waals surface area contributed by atoms with E-state index in [4.69, 9.17) is 0 Å². The molecule has 0 unspecified atom stereocenters. The molecule has 0 amide bonds. The minimum absolute atomic E-state index is 0.740. The molecule has 124 valence electrons. The van der Waals surface area contributed by atoms with Gasteiger partial charge in [-0.1, -0.05) is 0 Å². The van der Waals surface area contributed by atoms with Crippen molar-refractivity contribution in [1.29, 1.82) is 0 Å². The highest BCUT2D eigenvalue weighted by Crippen LogP contribution is 2.32. The molecule has 2 aromatic heterocycles. The largest absolute Gasteiger partial charge is 0.432 e. The second-order valence-corrected chi connectivity index (χ2v) is 5.65. The summed E-state index contributed by atoms with van der Waals surface area (Å²) in [5.41, 5.74) is 0. The second kappa shape index (κ2) is 6.77. The minimum atomic E-state index is -4.63. The van der Waals surface area contributed by atoms with E-state index in [1.165, 1.54) is 12.1 Å². The highest BCUT2D eigenvalue weighted by atomic mass is 32.2. The normalized spacial score (nSPS) is 11.7. The molecule has 23 heavy (non-hydrogen) atoms. The average Bonchev–Trinajstić information content (AvgIpc) is 2.46. The van der Waals surface area contributed by atoms with E-state index < -0.39 is 44.6 Å². The molecule has 0 fully saturated rings. The number of sulfone groups is 1. The highest BCUT2D eigenvalue weighted by Gasteiger charge is 2.30. The van der Waals surface area contributed by atoms with Gasteiger partial charge >= 0.3 is 13.2 Å². The van der Waals surface area contributed by atoms with Crippen LogP contribution in [0.5, 0.6) is 11.5 Å². The maximum absolute atomic E-state index is 12.5. The Balaban J connectivity index is 2.56. The summed E-state index contributed by atoms with van der Waals surface area (Å²) in [6, 6.07) is 4.24. The predicted molar refractivity (Wildman–Crippen MR) is 67.2 cm³/mol. The Labute approximate surface area is 127 Å². The number of ether oxygens (including phenoxy) is 2. The summed E-state index contributed by atoms with van der Waals surface area (Å²) < 4.78 is 82.5. The van der Waals surface area contributed by atoms with E-state index in [2.05, 4.69) is 19.4 Å². The van der Waals surface area contributed by atoms with E-state index in [1.807, 2.05) is 0 Å². The molecule has 0 N–H and O–H groups in total. The number of alkyl halides is 4. The lowest BCUT2D eigenvalue weighted by Crippen LogP contribution is -2.14. The van der Waals surface area contributed by atoms with Crippen LogP contribution in [-0.4, -0.2) is 31.6 Å². The van der Waals surface area contributed by atoms with Crippen LogP contribution in [0, 0.1) is 0 Å². The third-order valence-corrected chi connectivity index (χ3v) is 4.05. The van der Waals surface area contributed by atoms with Gasteiger partial charge in [-0.3, -0.25) is 0 Å². The first-order valence-corrected chi connectivity index (χ1v) is 7.35. The lowest BCUT2D eigenvalue weighted by atomic mass is 10.5. The van der Waals surface area contributed by atoms with E-state index in [0.29, 0.717) is 0 Å². The van der Waals surface area contributed by atoms with Crippen LogP contribution in [0.1, 0.15) is 0 Å². The van der Waals surface area contributed by atoms with Gasteiger partial charge in [-0.2, -0.15) is 17.6 Å². The number of nitrogens with zero attached hydrogens (tertiary/aromatic N) is 2. The van der Waals surface area contributed by atoms with E-state index in [0.717, 1.165) is 24.5 Å². The number of hydrogen-bond acceptors (Lipinski definition) is 6. The Morgan fingerprint density at radius 2 is 1.22 bits per heavy atom. The number of aromatic nitrogens is 2. The second-order valence-electron chi connectivity index (χ2n) is 3.87. The van der Waals surface area contributed by atoms with Crippen molar-refractivity contribution in [3.05, 3.63) is 36.7 Å². The van der Waals surface area contributed by atoms with Crippen LogP contribution >= 0.6 is 0 Å². The molecule has 0 saturated heterocycles. The third-order valence-electron chi connectivity index (χ3n) is 2.41. The van der Waals surface area contributed by atoms with Crippen LogP contribution in [0.3, 0.4) is 0 Å². The molecule has 11 heteroatoms. The third kappa shape index (κ3) is 3.86. The van der Waals surface area contributed by atoms with Gasteiger partial charge in [-0.15, -0.1) is 0 Å². The predicted octanol–water partition coefficient (Wildman–Crippen LogP) is 2.51. The fourth-order valence-corrected chi connectivity index (χ4v) is 2.96. The summed E-state index contributed by atoms with van der Waals surface area (Å²) in [6.45, 7) is -6.60. The van der Waals surface area contributed by atoms with Crippen molar-refractivity contribution in [2.75, 3.05) is 0 Å². The lowest BCUT2D eigenvalue weighted by Gasteiger charge is -2.12. The van der Waals surface area contributed by atoms with E-state index in [9.17, 15) is 26.0 Å². The van der Waals surface area contributed by atoms with Crippen molar-refractivity contribution in [3.63, 3.8) is 0 Å². The molecule has 0 aromatic carbocycles. The fourth-order valence-electron chi connectivity index (χ4n) is 1.62. The molecule has 0 spiro atoms. The summed E-state index contributed by atoms with van der Waals surface area (Å²) in [6.07, 6.45) is 2.03. The Morgan fingerprint density at radius 1 is 0.826 bits per heavy atom. The summed E-state index contributed by atoms with van der Waals surface area (Å²) in [5, 5.41) is -1.78. The number of rotatable bonds is 6. The number of halogens is 4. The Kier molecular flexibility index (Phi) is 4.98. The van der Waals surface area contributed by atoms with Gasteiger partial charge in [-0.05, 0) is 24.3 Å². The van der Waals surface area contributed by atoms with Gasteiger partial charge in [0.2, 0.25) is 19.9 Å². The first-order chi connectivity index (χ1) is 10.8. The van der Waals surface area contributed by atoms with Crippen molar-refractivity contribution in [2.24, 2.45) is 0 Å². The zero-order valence-corrected chi connectivity index (χ0v) is 11.9. The molecule has 0 atom stereocenters. The van der Waals surface area contributed by atoms with E-state index >= 15 is 0 Å². The molecule has 0 aliphatic heterocycles. The molecule has 2 aromatic rings. The van der Waals surface area contributed by atoms with Gasteiger partial charge in [-0.25, -0.2) is 18.4 Å². The monoisotopic (exact) mass is 352 g/mol. The zero-order chi connectivity index (χ0) is 17.0. The molecule has 0 radical (unpaired) electrons. The van der Waals surface area contributed by atoms with E-state index in [1.54, 1.807) is 0 Å². The van der Waals surface area contributed by atoms with Gasteiger partial charge in [0.25, 0.3) is 0 Å². The van der Waals surface area contributed by atoms with Crippen LogP contribution in [0.4, 0.5) is 17.6 Å². The smallest absolute Gasteiger partial charge is 0.387 e.